The fraction of sp³-hybridized carbons (Fsp3) is 0.316. The Kier molecular flexibility index (Phi) is 6.49. The van der Waals surface area contributed by atoms with E-state index in [2.05, 4.69) is 12.1 Å². The Bertz CT molecular complexity index is 554. The molecule has 0 aliphatic rings. The summed E-state index contributed by atoms with van der Waals surface area (Å²) in [5, 5.41) is 0. The standard InChI is InChI=1S/C19H23NO2/c1-2-15-22-19(21)20(16-18-11-7-4-8-12-18)14-13-17-9-5-3-6-10-17/h3-12H,2,13-16H2,1H3. The number of benzene rings is 2. The fourth-order valence-electron chi connectivity index (χ4n) is 2.23. The maximum Gasteiger partial charge on any atom is 0.410 e. The van der Waals surface area contributed by atoms with Gasteiger partial charge >= 0.3 is 6.09 Å². The summed E-state index contributed by atoms with van der Waals surface area (Å²) in [7, 11) is 0. The monoisotopic (exact) mass is 297 g/mol. The quantitative estimate of drug-likeness (QED) is 0.763. The summed E-state index contributed by atoms with van der Waals surface area (Å²) in [6, 6.07) is 20.2. The lowest BCUT2D eigenvalue weighted by Crippen LogP contribution is -2.33. The number of amides is 1. The average Bonchev–Trinajstić information content (AvgIpc) is 2.58. The number of carbonyl (C=O) groups excluding carboxylic acids is 1. The summed E-state index contributed by atoms with van der Waals surface area (Å²) in [6.45, 7) is 3.70. The fourth-order valence-corrected chi connectivity index (χ4v) is 2.23. The summed E-state index contributed by atoms with van der Waals surface area (Å²) < 4.78 is 5.30. The van der Waals surface area contributed by atoms with Gasteiger partial charge in [-0.1, -0.05) is 67.6 Å². The first kappa shape index (κ1) is 16.1. The van der Waals surface area contributed by atoms with E-state index in [4.69, 9.17) is 4.74 Å². The Morgan fingerprint density at radius 3 is 2.14 bits per heavy atom. The van der Waals surface area contributed by atoms with Crippen molar-refractivity contribution in [2.45, 2.75) is 26.3 Å². The average molecular weight is 297 g/mol. The number of hydrogen-bond acceptors (Lipinski definition) is 2. The van der Waals surface area contributed by atoms with Crippen molar-refractivity contribution < 1.29 is 9.53 Å². The molecule has 0 heterocycles. The van der Waals surface area contributed by atoms with Crippen LogP contribution in [0.15, 0.2) is 60.7 Å². The minimum atomic E-state index is -0.235. The first-order valence-electron chi connectivity index (χ1n) is 7.79. The van der Waals surface area contributed by atoms with Gasteiger partial charge in [-0.2, -0.15) is 0 Å². The van der Waals surface area contributed by atoms with Crippen LogP contribution in [0.1, 0.15) is 24.5 Å². The van der Waals surface area contributed by atoms with Gasteiger partial charge in [0.25, 0.3) is 0 Å². The molecular weight excluding hydrogens is 274 g/mol. The SMILES string of the molecule is CCCOC(=O)N(CCc1ccccc1)Cc1ccccc1. The number of hydrogen-bond donors (Lipinski definition) is 0. The Labute approximate surface area is 132 Å². The van der Waals surface area contributed by atoms with Gasteiger partial charge in [0.1, 0.15) is 0 Å². The number of nitrogens with zero attached hydrogens (tertiary/aromatic N) is 1. The lowest BCUT2D eigenvalue weighted by molar-refractivity contribution is 0.100. The first-order chi connectivity index (χ1) is 10.8. The van der Waals surface area contributed by atoms with Crippen molar-refractivity contribution in [2.75, 3.05) is 13.2 Å². The molecule has 2 aromatic rings. The first-order valence-corrected chi connectivity index (χ1v) is 7.79. The lowest BCUT2D eigenvalue weighted by Gasteiger charge is -2.22. The third-order valence-electron chi connectivity index (χ3n) is 3.42. The largest absolute Gasteiger partial charge is 0.449 e. The second kappa shape index (κ2) is 8.88. The maximum atomic E-state index is 12.2. The van der Waals surface area contributed by atoms with Gasteiger partial charge in [0.05, 0.1) is 6.61 Å². The van der Waals surface area contributed by atoms with Crippen LogP contribution in [0, 0.1) is 0 Å². The minimum absolute atomic E-state index is 0.235. The van der Waals surface area contributed by atoms with E-state index in [0.29, 0.717) is 19.7 Å². The molecule has 0 atom stereocenters. The molecule has 0 bridgehead atoms. The van der Waals surface area contributed by atoms with E-state index in [1.54, 1.807) is 4.90 Å². The van der Waals surface area contributed by atoms with Crippen LogP contribution in [0.2, 0.25) is 0 Å². The Hall–Kier alpha value is -2.29. The van der Waals surface area contributed by atoms with Gasteiger partial charge in [-0.25, -0.2) is 4.79 Å². The van der Waals surface area contributed by atoms with Gasteiger partial charge in [0.15, 0.2) is 0 Å². The van der Waals surface area contributed by atoms with E-state index >= 15 is 0 Å². The molecule has 0 unspecified atom stereocenters. The van der Waals surface area contributed by atoms with Crippen LogP contribution in [-0.4, -0.2) is 24.1 Å². The van der Waals surface area contributed by atoms with Crippen LogP contribution >= 0.6 is 0 Å². The zero-order valence-electron chi connectivity index (χ0n) is 13.1. The van der Waals surface area contributed by atoms with Gasteiger partial charge in [0, 0.05) is 13.1 Å². The molecule has 0 radical (unpaired) electrons. The second-order valence-corrected chi connectivity index (χ2v) is 5.26. The second-order valence-electron chi connectivity index (χ2n) is 5.26. The lowest BCUT2D eigenvalue weighted by atomic mass is 10.1. The number of carbonyl (C=O) groups is 1. The third kappa shape index (κ3) is 5.24. The van der Waals surface area contributed by atoms with Crippen LogP contribution in [0.25, 0.3) is 0 Å². The van der Waals surface area contributed by atoms with Crippen molar-refractivity contribution in [3.8, 4) is 0 Å². The van der Waals surface area contributed by atoms with Gasteiger partial charge in [-0.3, -0.25) is 0 Å². The van der Waals surface area contributed by atoms with Crippen molar-refractivity contribution in [1.29, 1.82) is 0 Å². The highest BCUT2D eigenvalue weighted by atomic mass is 16.6. The highest BCUT2D eigenvalue weighted by molar-refractivity contribution is 5.67. The Balaban J connectivity index is 1.99. The zero-order valence-corrected chi connectivity index (χ0v) is 13.1. The van der Waals surface area contributed by atoms with Gasteiger partial charge in [-0.15, -0.1) is 0 Å². The summed E-state index contributed by atoms with van der Waals surface area (Å²) in [4.78, 5) is 14.0. The Morgan fingerprint density at radius 2 is 1.55 bits per heavy atom. The molecule has 3 nitrogen and oxygen atoms in total. The summed E-state index contributed by atoms with van der Waals surface area (Å²) in [6.07, 6.45) is 1.43. The van der Waals surface area contributed by atoms with Gasteiger partial charge in [0.2, 0.25) is 0 Å². The molecule has 0 aromatic heterocycles. The molecular formula is C19H23NO2. The normalized spacial score (nSPS) is 10.2. The van der Waals surface area contributed by atoms with Crippen LogP contribution in [0.5, 0.6) is 0 Å². The predicted octanol–water partition coefficient (Wildman–Crippen LogP) is 4.28. The molecule has 0 saturated heterocycles. The molecule has 2 rings (SSSR count). The summed E-state index contributed by atoms with van der Waals surface area (Å²) in [5.41, 5.74) is 2.34. The van der Waals surface area contributed by atoms with Crippen molar-refractivity contribution in [1.82, 2.24) is 4.90 Å². The predicted molar refractivity (Wildman–Crippen MR) is 88.6 cm³/mol. The number of rotatable bonds is 7. The molecule has 1 amide bonds. The van der Waals surface area contributed by atoms with E-state index in [1.807, 2.05) is 55.5 Å². The molecule has 0 aliphatic carbocycles. The van der Waals surface area contributed by atoms with E-state index in [-0.39, 0.29) is 6.09 Å². The summed E-state index contributed by atoms with van der Waals surface area (Å²) >= 11 is 0. The zero-order chi connectivity index (χ0) is 15.6. The summed E-state index contributed by atoms with van der Waals surface area (Å²) in [5.74, 6) is 0. The van der Waals surface area contributed by atoms with Crippen LogP contribution in [-0.2, 0) is 17.7 Å². The topological polar surface area (TPSA) is 29.5 Å². The molecule has 3 heteroatoms. The van der Waals surface area contributed by atoms with Crippen molar-refractivity contribution in [2.24, 2.45) is 0 Å². The van der Waals surface area contributed by atoms with E-state index in [9.17, 15) is 4.79 Å². The molecule has 22 heavy (non-hydrogen) atoms. The molecule has 116 valence electrons. The maximum absolute atomic E-state index is 12.2. The van der Waals surface area contributed by atoms with Crippen molar-refractivity contribution in [3.63, 3.8) is 0 Å². The van der Waals surface area contributed by atoms with Gasteiger partial charge < -0.3 is 9.64 Å². The van der Waals surface area contributed by atoms with Crippen LogP contribution in [0.3, 0.4) is 0 Å². The van der Waals surface area contributed by atoms with Crippen molar-refractivity contribution >= 4 is 6.09 Å². The third-order valence-corrected chi connectivity index (χ3v) is 3.42. The van der Waals surface area contributed by atoms with Crippen LogP contribution < -0.4 is 0 Å². The van der Waals surface area contributed by atoms with Crippen molar-refractivity contribution in [3.05, 3.63) is 71.8 Å². The molecule has 2 aromatic carbocycles. The minimum Gasteiger partial charge on any atom is -0.449 e. The molecule has 0 N–H and O–H groups in total. The molecule has 0 fully saturated rings. The van der Waals surface area contributed by atoms with E-state index in [1.165, 1.54) is 5.56 Å². The van der Waals surface area contributed by atoms with Gasteiger partial charge in [-0.05, 0) is 24.0 Å². The smallest absolute Gasteiger partial charge is 0.410 e. The highest BCUT2D eigenvalue weighted by Crippen LogP contribution is 2.09. The molecule has 0 saturated carbocycles. The molecule has 0 spiro atoms. The highest BCUT2D eigenvalue weighted by Gasteiger charge is 2.15. The Morgan fingerprint density at radius 1 is 0.955 bits per heavy atom. The van der Waals surface area contributed by atoms with E-state index < -0.39 is 0 Å². The number of ether oxygens (including phenoxy) is 1. The van der Waals surface area contributed by atoms with E-state index in [0.717, 1.165) is 18.4 Å². The van der Waals surface area contributed by atoms with Crippen LogP contribution in [0.4, 0.5) is 4.79 Å². The molecule has 0 aliphatic heterocycles.